The molecule has 5 heteroatoms. The minimum atomic E-state index is -0.987. The molecular weight excluding hydrogens is 216 g/mol. The van der Waals surface area contributed by atoms with Crippen molar-refractivity contribution >= 4 is 5.97 Å². The minimum absolute atomic E-state index is 0.0637. The summed E-state index contributed by atoms with van der Waals surface area (Å²) in [5.74, 6) is -2.26. The predicted octanol–water partition coefficient (Wildman–Crippen LogP) is 1.84. The van der Waals surface area contributed by atoms with E-state index in [1.165, 1.54) is 18.2 Å². The molecular formula is C11H11F2NO2. The lowest BCUT2D eigenvalue weighted by molar-refractivity contribution is -0.139. The predicted molar refractivity (Wildman–Crippen MR) is 52.9 cm³/mol. The number of benzene rings is 1. The van der Waals surface area contributed by atoms with E-state index in [4.69, 9.17) is 5.11 Å². The Labute approximate surface area is 91.1 Å². The number of carboxylic acid groups (broad SMARTS) is 1. The molecule has 1 aromatic rings. The quantitative estimate of drug-likeness (QED) is 0.810. The van der Waals surface area contributed by atoms with Gasteiger partial charge in [0.2, 0.25) is 0 Å². The van der Waals surface area contributed by atoms with Crippen molar-refractivity contribution in [2.24, 2.45) is 0 Å². The van der Waals surface area contributed by atoms with Crippen molar-refractivity contribution in [2.45, 2.75) is 24.9 Å². The Morgan fingerprint density at radius 3 is 2.44 bits per heavy atom. The fourth-order valence-corrected chi connectivity index (χ4v) is 2.01. The number of aliphatic carboxylic acids is 1. The molecule has 0 saturated carbocycles. The molecule has 1 aliphatic rings. The van der Waals surface area contributed by atoms with Gasteiger partial charge in [0.1, 0.15) is 17.7 Å². The number of carbonyl (C=O) groups is 1. The van der Waals surface area contributed by atoms with Gasteiger partial charge in [-0.05, 0) is 25.0 Å². The number of halogens is 2. The van der Waals surface area contributed by atoms with E-state index in [1.807, 2.05) is 0 Å². The van der Waals surface area contributed by atoms with Crippen molar-refractivity contribution in [3.63, 3.8) is 0 Å². The maximum absolute atomic E-state index is 13.4. The van der Waals surface area contributed by atoms with Crippen LogP contribution in [0.4, 0.5) is 8.78 Å². The Bertz CT molecular complexity index is 402. The molecule has 3 nitrogen and oxygen atoms in total. The summed E-state index contributed by atoms with van der Waals surface area (Å²) in [6.45, 7) is 0. The molecule has 1 fully saturated rings. The summed E-state index contributed by atoms with van der Waals surface area (Å²) < 4.78 is 26.8. The van der Waals surface area contributed by atoms with Crippen molar-refractivity contribution in [2.75, 3.05) is 0 Å². The maximum Gasteiger partial charge on any atom is 0.320 e. The van der Waals surface area contributed by atoms with E-state index < -0.39 is 29.7 Å². The Morgan fingerprint density at radius 1 is 1.31 bits per heavy atom. The number of nitrogens with one attached hydrogen (secondary N) is 1. The van der Waals surface area contributed by atoms with Gasteiger partial charge in [-0.25, -0.2) is 8.78 Å². The van der Waals surface area contributed by atoms with E-state index in [0.29, 0.717) is 12.8 Å². The smallest absolute Gasteiger partial charge is 0.320 e. The van der Waals surface area contributed by atoms with Crippen LogP contribution in [0, 0.1) is 11.6 Å². The summed E-state index contributed by atoms with van der Waals surface area (Å²) in [4.78, 5) is 10.7. The third-order valence-corrected chi connectivity index (χ3v) is 2.79. The molecule has 2 rings (SSSR count). The van der Waals surface area contributed by atoms with E-state index >= 15 is 0 Å². The molecule has 0 amide bonds. The zero-order valence-electron chi connectivity index (χ0n) is 8.41. The van der Waals surface area contributed by atoms with E-state index in [2.05, 4.69) is 5.32 Å². The van der Waals surface area contributed by atoms with Crippen LogP contribution in [-0.2, 0) is 4.79 Å². The Morgan fingerprint density at radius 2 is 1.94 bits per heavy atom. The first-order valence-corrected chi connectivity index (χ1v) is 5.02. The van der Waals surface area contributed by atoms with Gasteiger partial charge < -0.3 is 5.11 Å². The number of rotatable bonds is 2. The van der Waals surface area contributed by atoms with Gasteiger partial charge in [0.05, 0.1) is 0 Å². The lowest BCUT2D eigenvalue weighted by Gasteiger charge is -2.13. The van der Waals surface area contributed by atoms with E-state index in [9.17, 15) is 13.6 Å². The molecule has 16 heavy (non-hydrogen) atoms. The summed E-state index contributed by atoms with van der Waals surface area (Å²) in [5, 5.41) is 11.5. The molecule has 2 unspecified atom stereocenters. The van der Waals surface area contributed by atoms with Crippen LogP contribution in [0.1, 0.15) is 24.4 Å². The molecule has 0 radical (unpaired) electrons. The fraction of sp³-hybridized carbons (Fsp3) is 0.364. The van der Waals surface area contributed by atoms with Crippen molar-refractivity contribution in [3.05, 3.63) is 35.4 Å². The summed E-state index contributed by atoms with van der Waals surface area (Å²) >= 11 is 0. The van der Waals surface area contributed by atoms with Crippen LogP contribution in [-0.4, -0.2) is 17.1 Å². The van der Waals surface area contributed by atoms with Crippen LogP contribution >= 0.6 is 0 Å². The second-order valence-electron chi connectivity index (χ2n) is 3.82. The lowest BCUT2D eigenvalue weighted by atomic mass is 10.0. The van der Waals surface area contributed by atoms with E-state index in [-0.39, 0.29) is 5.56 Å². The third-order valence-electron chi connectivity index (χ3n) is 2.79. The van der Waals surface area contributed by atoms with Gasteiger partial charge in [-0.2, -0.15) is 0 Å². The monoisotopic (exact) mass is 227 g/mol. The molecule has 2 atom stereocenters. The maximum atomic E-state index is 13.4. The third kappa shape index (κ3) is 1.90. The largest absolute Gasteiger partial charge is 0.480 e. The first-order valence-electron chi connectivity index (χ1n) is 5.02. The first-order chi connectivity index (χ1) is 7.59. The molecule has 0 aromatic heterocycles. The molecule has 0 bridgehead atoms. The van der Waals surface area contributed by atoms with Crippen molar-refractivity contribution in [1.82, 2.24) is 5.32 Å². The lowest BCUT2D eigenvalue weighted by Crippen LogP contribution is -2.32. The van der Waals surface area contributed by atoms with Crippen LogP contribution in [0.2, 0.25) is 0 Å². The second kappa shape index (κ2) is 4.17. The second-order valence-corrected chi connectivity index (χ2v) is 3.82. The highest BCUT2D eigenvalue weighted by atomic mass is 19.1. The van der Waals surface area contributed by atoms with E-state index in [0.717, 1.165) is 0 Å². The molecule has 1 saturated heterocycles. The number of carboxylic acids is 1. The summed E-state index contributed by atoms with van der Waals surface area (Å²) in [7, 11) is 0. The molecule has 86 valence electrons. The molecule has 2 N–H and O–H groups in total. The summed E-state index contributed by atoms with van der Waals surface area (Å²) in [5.41, 5.74) is -0.0637. The van der Waals surface area contributed by atoms with Crippen LogP contribution in [0.3, 0.4) is 0 Å². The normalized spacial score (nSPS) is 24.6. The molecule has 1 aromatic carbocycles. The summed E-state index contributed by atoms with van der Waals surface area (Å²) in [6, 6.07) is 2.37. The number of hydrogen-bond donors (Lipinski definition) is 2. The number of hydrogen-bond acceptors (Lipinski definition) is 2. The van der Waals surface area contributed by atoms with Gasteiger partial charge in [-0.1, -0.05) is 6.07 Å². The standard InChI is InChI=1S/C11H11F2NO2/c12-6-2-1-3-7(13)10(6)8-4-5-9(14-8)11(15)16/h1-3,8-9,14H,4-5H2,(H,15,16). The molecule has 0 aliphatic carbocycles. The average Bonchev–Trinajstić information content (AvgIpc) is 2.66. The summed E-state index contributed by atoms with van der Waals surface area (Å²) in [6.07, 6.45) is 0.808. The van der Waals surface area contributed by atoms with Crippen LogP contribution < -0.4 is 5.32 Å². The first kappa shape index (κ1) is 11.0. The highest BCUT2D eigenvalue weighted by molar-refractivity contribution is 5.73. The highest BCUT2D eigenvalue weighted by Crippen LogP contribution is 2.30. The van der Waals surface area contributed by atoms with Gasteiger partial charge in [0, 0.05) is 11.6 Å². The molecule has 0 spiro atoms. The zero-order valence-corrected chi connectivity index (χ0v) is 8.41. The average molecular weight is 227 g/mol. The Kier molecular flexibility index (Phi) is 2.87. The van der Waals surface area contributed by atoms with E-state index in [1.54, 1.807) is 0 Å². The van der Waals surface area contributed by atoms with Gasteiger partial charge in [0.25, 0.3) is 0 Å². The minimum Gasteiger partial charge on any atom is -0.480 e. The Hall–Kier alpha value is -1.49. The Balaban J connectivity index is 2.24. The SMILES string of the molecule is O=C(O)C1CCC(c2c(F)cccc2F)N1. The van der Waals surface area contributed by atoms with Gasteiger partial charge in [0.15, 0.2) is 0 Å². The van der Waals surface area contributed by atoms with Gasteiger partial charge >= 0.3 is 5.97 Å². The van der Waals surface area contributed by atoms with Crippen molar-refractivity contribution < 1.29 is 18.7 Å². The van der Waals surface area contributed by atoms with Crippen LogP contribution in [0.25, 0.3) is 0 Å². The van der Waals surface area contributed by atoms with Crippen LogP contribution in [0.5, 0.6) is 0 Å². The molecule has 1 heterocycles. The topological polar surface area (TPSA) is 49.3 Å². The van der Waals surface area contributed by atoms with Gasteiger partial charge in [-0.15, -0.1) is 0 Å². The fourth-order valence-electron chi connectivity index (χ4n) is 2.01. The highest BCUT2D eigenvalue weighted by Gasteiger charge is 2.32. The van der Waals surface area contributed by atoms with Gasteiger partial charge in [-0.3, -0.25) is 10.1 Å². The van der Waals surface area contributed by atoms with Crippen molar-refractivity contribution in [3.8, 4) is 0 Å². The van der Waals surface area contributed by atoms with Crippen molar-refractivity contribution in [1.29, 1.82) is 0 Å². The molecule has 1 aliphatic heterocycles. The zero-order chi connectivity index (χ0) is 11.7. The van der Waals surface area contributed by atoms with Crippen LogP contribution in [0.15, 0.2) is 18.2 Å².